The van der Waals surface area contributed by atoms with Crippen LogP contribution in [0.25, 0.3) is 22.6 Å². The maximum atomic E-state index is 13.4. The summed E-state index contributed by atoms with van der Waals surface area (Å²) >= 11 is 0. The number of carbonyl (C=O) groups excluding carboxylic acids is 1. The first kappa shape index (κ1) is 19.0. The van der Waals surface area contributed by atoms with E-state index in [0.29, 0.717) is 47.7 Å². The van der Waals surface area contributed by atoms with E-state index < -0.39 is 0 Å². The number of hydrogen-bond acceptors (Lipinski definition) is 5. The van der Waals surface area contributed by atoms with E-state index in [1.165, 1.54) is 0 Å². The fraction of sp³-hybridized carbons (Fsp3) is 0.348. The number of aromatic nitrogens is 6. The van der Waals surface area contributed by atoms with Crippen LogP contribution >= 0.6 is 0 Å². The van der Waals surface area contributed by atoms with Crippen molar-refractivity contribution in [2.75, 3.05) is 13.1 Å². The van der Waals surface area contributed by atoms with Crippen molar-refractivity contribution in [3.05, 3.63) is 64.7 Å². The van der Waals surface area contributed by atoms with Gasteiger partial charge in [0.25, 0.3) is 11.5 Å². The Hall–Kier alpha value is -3.75. The van der Waals surface area contributed by atoms with Crippen molar-refractivity contribution in [1.82, 2.24) is 33.6 Å². The molecule has 0 spiro atoms. The Balaban J connectivity index is 1.34. The van der Waals surface area contributed by atoms with E-state index in [1.54, 1.807) is 24.8 Å². The van der Waals surface area contributed by atoms with Crippen LogP contribution in [0, 0.1) is 5.92 Å². The zero-order chi connectivity index (χ0) is 22.0. The highest BCUT2D eigenvalue weighted by Crippen LogP contribution is 2.36. The van der Waals surface area contributed by atoms with Crippen LogP contribution in [0.5, 0.6) is 0 Å². The van der Waals surface area contributed by atoms with Gasteiger partial charge in [0, 0.05) is 63.9 Å². The van der Waals surface area contributed by atoms with Gasteiger partial charge >= 0.3 is 0 Å². The molecule has 9 heteroatoms. The molecule has 4 aromatic heterocycles. The number of fused-ring (bicyclic) bond motifs is 5. The lowest BCUT2D eigenvalue weighted by atomic mass is 9.82. The minimum atomic E-state index is -0.0220. The molecule has 1 amide bonds. The highest BCUT2D eigenvalue weighted by molar-refractivity contribution is 6.04. The summed E-state index contributed by atoms with van der Waals surface area (Å²) in [5.41, 5.74) is 3.52. The molecular weight excluding hydrogens is 406 g/mol. The summed E-state index contributed by atoms with van der Waals surface area (Å²) in [5, 5.41) is 0. The number of piperidine rings is 1. The minimum absolute atomic E-state index is 0.00407. The number of likely N-dealkylation sites (tertiary alicyclic amines) is 1. The number of hydrogen-bond donors (Lipinski definition) is 0. The van der Waals surface area contributed by atoms with Crippen LogP contribution in [0.4, 0.5) is 0 Å². The maximum absolute atomic E-state index is 13.4. The summed E-state index contributed by atoms with van der Waals surface area (Å²) in [6.45, 7) is 1.83. The molecule has 9 nitrogen and oxygen atoms in total. The summed E-state index contributed by atoms with van der Waals surface area (Å²) < 4.78 is 5.58. The van der Waals surface area contributed by atoms with Crippen molar-refractivity contribution >= 4 is 17.1 Å². The van der Waals surface area contributed by atoms with Gasteiger partial charge in [-0.05, 0) is 30.5 Å². The number of carbonyl (C=O) groups is 1. The zero-order valence-corrected chi connectivity index (χ0v) is 18.0. The smallest absolute Gasteiger partial charge is 0.261 e. The molecule has 6 heterocycles. The first-order valence-corrected chi connectivity index (χ1v) is 10.8. The molecule has 0 aromatic carbocycles. The second kappa shape index (κ2) is 6.88. The van der Waals surface area contributed by atoms with Crippen molar-refractivity contribution in [3.63, 3.8) is 0 Å². The molecule has 162 valence electrons. The first-order chi connectivity index (χ1) is 15.5. The lowest BCUT2D eigenvalue weighted by Crippen LogP contribution is -2.49. The first-order valence-electron chi connectivity index (χ1n) is 10.8. The molecule has 2 bridgehead atoms. The van der Waals surface area contributed by atoms with E-state index >= 15 is 0 Å². The van der Waals surface area contributed by atoms with Crippen LogP contribution in [-0.2, 0) is 20.6 Å². The standard InChI is InChI=1S/C23H23N7O2/c1-27-8-7-25-20(27)17-3-4-18-15-9-14(11-30(18)23(17)32)10-29(12-15)22(31)16-5-6-24-21-19(16)26-13-28(21)2/h3-8,13-15H,9-12H2,1-2H3/t14-,15+/m0/s1. The number of imidazole rings is 2. The highest BCUT2D eigenvalue weighted by atomic mass is 16.2. The highest BCUT2D eigenvalue weighted by Gasteiger charge is 2.37. The van der Waals surface area contributed by atoms with Gasteiger partial charge in [-0.2, -0.15) is 0 Å². The lowest BCUT2D eigenvalue weighted by Gasteiger charge is -2.43. The molecular formula is C23H23N7O2. The van der Waals surface area contributed by atoms with Crippen molar-refractivity contribution in [3.8, 4) is 11.4 Å². The van der Waals surface area contributed by atoms with Gasteiger partial charge in [-0.3, -0.25) is 9.59 Å². The predicted octanol–water partition coefficient (Wildman–Crippen LogP) is 1.79. The molecule has 0 N–H and O–H groups in total. The van der Waals surface area contributed by atoms with Crippen molar-refractivity contribution in [2.45, 2.75) is 18.9 Å². The SMILES string of the molecule is Cn1ccnc1-c1ccc2n(c1=O)C[C@H]1C[C@@H]2CN(C(=O)c2ccnc3c2ncn3C)C1. The third-order valence-electron chi connectivity index (χ3n) is 6.78. The molecule has 2 aliphatic heterocycles. The molecule has 1 saturated heterocycles. The van der Waals surface area contributed by atoms with Gasteiger partial charge in [0.1, 0.15) is 11.3 Å². The lowest BCUT2D eigenvalue weighted by molar-refractivity contribution is 0.0596. The van der Waals surface area contributed by atoms with Gasteiger partial charge in [-0.15, -0.1) is 0 Å². The second-order valence-corrected chi connectivity index (χ2v) is 8.84. The number of nitrogens with zero attached hydrogens (tertiary/aromatic N) is 7. The maximum Gasteiger partial charge on any atom is 0.261 e. The second-order valence-electron chi connectivity index (χ2n) is 8.84. The Labute approximate surface area is 184 Å². The van der Waals surface area contributed by atoms with Gasteiger partial charge in [-0.1, -0.05) is 0 Å². The van der Waals surface area contributed by atoms with Gasteiger partial charge in [0.2, 0.25) is 0 Å². The average Bonchev–Trinajstić information content (AvgIpc) is 3.39. The Bertz CT molecular complexity index is 1430. The molecule has 4 aromatic rings. The number of amides is 1. The molecule has 2 atom stereocenters. The van der Waals surface area contributed by atoms with Gasteiger partial charge in [-0.25, -0.2) is 15.0 Å². The summed E-state index contributed by atoms with van der Waals surface area (Å²) in [7, 11) is 3.76. The normalized spacial score (nSPS) is 19.9. The number of pyridine rings is 2. The Kier molecular flexibility index (Phi) is 4.08. The number of aryl methyl sites for hydroxylation is 2. The van der Waals surface area contributed by atoms with E-state index in [9.17, 15) is 9.59 Å². The van der Waals surface area contributed by atoms with E-state index in [1.807, 2.05) is 51.0 Å². The Morgan fingerprint density at radius 1 is 1.00 bits per heavy atom. The van der Waals surface area contributed by atoms with Gasteiger partial charge < -0.3 is 18.6 Å². The van der Waals surface area contributed by atoms with Crippen LogP contribution in [0.1, 0.15) is 28.4 Å². The largest absolute Gasteiger partial charge is 0.338 e. The Morgan fingerprint density at radius 3 is 2.69 bits per heavy atom. The Morgan fingerprint density at radius 2 is 1.88 bits per heavy atom. The summed E-state index contributed by atoms with van der Waals surface area (Å²) in [6.07, 6.45) is 7.88. The summed E-state index contributed by atoms with van der Waals surface area (Å²) in [5.74, 6) is 1.03. The number of rotatable bonds is 2. The van der Waals surface area contributed by atoms with Gasteiger partial charge in [0.15, 0.2) is 5.65 Å². The fourth-order valence-electron chi connectivity index (χ4n) is 5.28. The van der Waals surface area contributed by atoms with Crippen LogP contribution in [0.15, 0.2) is 47.9 Å². The topological polar surface area (TPSA) is 90.8 Å². The predicted molar refractivity (Wildman–Crippen MR) is 118 cm³/mol. The third kappa shape index (κ3) is 2.73. The van der Waals surface area contributed by atoms with Crippen molar-refractivity contribution < 1.29 is 4.79 Å². The molecule has 0 radical (unpaired) electrons. The van der Waals surface area contributed by atoms with Crippen LogP contribution < -0.4 is 5.56 Å². The monoisotopic (exact) mass is 429 g/mol. The molecule has 0 aliphatic carbocycles. The van der Waals surface area contributed by atoms with Crippen LogP contribution in [-0.4, -0.2) is 52.5 Å². The van der Waals surface area contributed by atoms with E-state index in [-0.39, 0.29) is 23.3 Å². The quantitative estimate of drug-likeness (QED) is 0.485. The fourth-order valence-corrected chi connectivity index (χ4v) is 5.28. The van der Waals surface area contributed by atoms with E-state index in [0.717, 1.165) is 12.1 Å². The molecule has 0 saturated carbocycles. The van der Waals surface area contributed by atoms with Crippen molar-refractivity contribution in [2.24, 2.45) is 20.0 Å². The summed E-state index contributed by atoms with van der Waals surface area (Å²) in [4.78, 5) is 41.7. The molecule has 2 aliphatic rings. The van der Waals surface area contributed by atoms with E-state index in [2.05, 4.69) is 15.0 Å². The average molecular weight is 429 g/mol. The minimum Gasteiger partial charge on any atom is -0.338 e. The molecule has 0 unspecified atom stereocenters. The molecule has 6 rings (SSSR count). The van der Waals surface area contributed by atoms with Crippen molar-refractivity contribution in [1.29, 1.82) is 0 Å². The van der Waals surface area contributed by atoms with Crippen LogP contribution in [0.3, 0.4) is 0 Å². The third-order valence-corrected chi connectivity index (χ3v) is 6.78. The van der Waals surface area contributed by atoms with E-state index in [4.69, 9.17) is 0 Å². The molecule has 1 fully saturated rings. The zero-order valence-electron chi connectivity index (χ0n) is 18.0. The van der Waals surface area contributed by atoms with Crippen LogP contribution in [0.2, 0.25) is 0 Å². The van der Waals surface area contributed by atoms with Gasteiger partial charge in [0.05, 0.1) is 17.5 Å². The molecule has 32 heavy (non-hydrogen) atoms. The summed E-state index contributed by atoms with van der Waals surface area (Å²) in [6, 6.07) is 5.65.